The van der Waals surface area contributed by atoms with Crippen LogP contribution in [0.3, 0.4) is 0 Å². The predicted molar refractivity (Wildman–Crippen MR) is 92.2 cm³/mol. The SMILES string of the molecule is CCOC(=O)c1sc2ncnc(N3CCC[C@H](C(N)=O)C3)c2c1C. The fourth-order valence-electron chi connectivity index (χ4n) is 3.09. The first kappa shape index (κ1) is 16.6. The molecule has 1 aliphatic rings. The van der Waals surface area contributed by atoms with Crippen LogP contribution in [0.15, 0.2) is 6.33 Å². The fourth-order valence-corrected chi connectivity index (χ4v) is 4.12. The van der Waals surface area contributed by atoms with Gasteiger partial charge < -0.3 is 15.4 Å². The van der Waals surface area contributed by atoms with E-state index in [-0.39, 0.29) is 17.8 Å². The number of anilines is 1. The first-order chi connectivity index (χ1) is 11.5. The summed E-state index contributed by atoms with van der Waals surface area (Å²) in [6.45, 7) is 5.35. The number of aryl methyl sites for hydroxylation is 1. The van der Waals surface area contributed by atoms with Gasteiger partial charge in [0.25, 0.3) is 0 Å². The fraction of sp³-hybridized carbons (Fsp3) is 0.500. The third kappa shape index (κ3) is 2.93. The molecule has 0 aliphatic carbocycles. The van der Waals surface area contributed by atoms with Crippen LogP contribution < -0.4 is 10.6 Å². The molecule has 2 N–H and O–H groups in total. The average molecular weight is 348 g/mol. The Morgan fingerprint density at radius 2 is 2.25 bits per heavy atom. The van der Waals surface area contributed by atoms with Crippen molar-refractivity contribution >= 4 is 39.2 Å². The average Bonchev–Trinajstić information content (AvgIpc) is 2.92. The van der Waals surface area contributed by atoms with Gasteiger partial charge in [0, 0.05) is 13.1 Å². The van der Waals surface area contributed by atoms with Gasteiger partial charge in [0.15, 0.2) is 0 Å². The lowest BCUT2D eigenvalue weighted by atomic mass is 9.97. The van der Waals surface area contributed by atoms with E-state index in [4.69, 9.17) is 10.5 Å². The second kappa shape index (κ2) is 6.72. The van der Waals surface area contributed by atoms with Gasteiger partial charge >= 0.3 is 5.97 Å². The molecule has 1 saturated heterocycles. The van der Waals surface area contributed by atoms with Gasteiger partial charge in [-0.1, -0.05) is 0 Å². The van der Waals surface area contributed by atoms with Crippen LogP contribution in [0.5, 0.6) is 0 Å². The molecule has 1 amide bonds. The van der Waals surface area contributed by atoms with Crippen molar-refractivity contribution in [2.75, 3.05) is 24.6 Å². The molecule has 3 rings (SSSR count). The summed E-state index contributed by atoms with van der Waals surface area (Å²) < 4.78 is 5.12. The minimum Gasteiger partial charge on any atom is -0.462 e. The van der Waals surface area contributed by atoms with Crippen LogP contribution in [-0.2, 0) is 9.53 Å². The number of esters is 1. The molecule has 1 fully saturated rings. The highest BCUT2D eigenvalue weighted by molar-refractivity contribution is 7.20. The summed E-state index contributed by atoms with van der Waals surface area (Å²) in [5, 5.41) is 0.857. The maximum atomic E-state index is 12.1. The van der Waals surface area contributed by atoms with Crippen LogP contribution in [0.2, 0.25) is 0 Å². The van der Waals surface area contributed by atoms with Crippen LogP contribution in [0, 0.1) is 12.8 Å². The van der Waals surface area contributed by atoms with Crippen LogP contribution in [0.4, 0.5) is 5.82 Å². The molecule has 0 bridgehead atoms. The summed E-state index contributed by atoms with van der Waals surface area (Å²) in [5.41, 5.74) is 6.29. The summed E-state index contributed by atoms with van der Waals surface area (Å²) in [4.78, 5) is 35.7. The molecule has 0 radical (unpaired) electrons. The van der Waals surface area contributed by atoms with E-state index in [0.29, 0.717) is 18.0 Å². The lowest BCUT2D eigenvalue weighted by molar-refractivity contribution is -0.122. The molecule has 8 heteroatoms. The molecule has 2 aromatic rings. The summed E-state index contributed by atoms with van der Waals surface area (Å²) in [6, 6.07) is 0. The number of nitrogens with zero attached hydrogens (tertiary/aromatic N) is 3. The minimum atomic E-state index is -0.336. The first-order valence-electron chi connectivity index (χ1n) is 7.98. The monoisotopic (exact) mass is 348 g/mol. The van der Waals surface area contributed by atoms with Gasteiger partial charge in [-0.2, -0.15) is 0 Å². The Balaban J connectivity index is 2.02. The molecule has 0 aromatic carbocycles. The number of hydrogen-bond donors (Lipinski definition) is 1. The summed E-state index contributed by atoms with van der Waals surface area (Å²) in [6.07, 6.45) is 3.18. The number of carbonyl (C=O) groups excluding carboxylic acids is 2. The molecule has 7 nitrogen and oxygen atoms in total. The second-order valence-corrected chi connectivity index (χ2v) is 6.84. The van der Waals surface area contributed by atoms with Crippen LogP contribution >= 0.6 is 11.3 Å². The third-order valence-electron chi connectivity index (χ3n) is 4.29. The van der Waals surface area contributed by atoms with Crippen LogP contribution in [0.25, 0.3) is 10.2 Å². The van der Waals surface area contributed by atoms with Crippen molar-refractivity contribution in [2.45, 2.75) is 26.7 Å². The molecule has 2 aromatic heterocycles. The van der Waals surface area contributed by atoms with Gasteiger partial charge in [0.2, 0.25) is 5.91 Å². The third-order valence-corrected chi connectivity index (χ3v) is 5.47. The van der Waals surface area contributed by atoms with E-state index in [9.17, 15) is 9.59 Å². The number of aromatic nitrogens is 2. The Hall–Kier alpha value is -2.22. The van der Waals surface area contributed by atoms with Crippen molar-refractivity contribution in [2.24, 2.45) is 11.7 Å². The van der Waals surface area contributed by atoms with Gasteiger partial charge in [0.1, 0.15) is 21.9 Å². The zero-order valence-corrected chi connectivity index (χ0v) is 14.6. The molecule has 0 saturated carbocycles. The van der Waals surface area contributed by atoms with E-state index in [2.05, 4.69) is 14.9 Å². The Morgan fingerprint density at radius 3 is 2.96 bits per heavy atom. The highest BCUT2D eigenvalue weighted by Gasteiger charge is 2.28. The first-order valence-corrected chi connectivity index (χ1v) is 8.80. The van der Waals surface area contributed by atoms with Crippen molar-refractivity contribution in [1.29, 1.82) is 0 Å². The van der Waals surface area contributed by atoms with Crippen LogP contribution in [0.1, 0.15) is 35.0 Å². The smallest absolute Gasteiger partial charge is 0.348 e. The highest BCUT2D eigenvalue weighted by Crippen LogP contribution is 2.36. The predicted octanol–water partition coefficient (Wildman–Crippen LogP) is 1.88. The van der Waals surface area contributed by atoms with E-state index in [1.807, 2.05) is 6.92 Å². The number of amides is 1. The van der Waals surface area contributed by atoms with Crippen molar-refractivity contribution in [1.82, 2.24) is 9.97 Å². The number of nitrogens with two attached hydrogens (primary N) is 1. The quantitative estimate of drug-likeness (QED) is 0.847. The Morgan fingerprint density at radius 1 is 1.46 bits per heavy atom. The van der Waals surface area contributed by atoms with Gasteiger partial charge in [-0.15, -0.1) is 11.3 Å². The lowest BCUT2D eigenvalue weighted by Gasteiger charge is -2.32. The number of primary amides is 1. The van der Waals surface area contributed by atoms with Gasteiger partial charge in [-0.3, -0.25) is 4.79 Å². The number of fused-ring (bicyclic) bond motifs is 1. The van der Waals surface area contributed by atoms with E-state index >= 15 is 0 Å². The standard InChI is InChI=1S/C16H20N4O3S/c1-3-23-16(22)12-9(2)11-14(18-8-19-15(11)24-12)20-6-4-5-10(7-20)13(17)21/h8,10H,3-7H2,1-2H3,(H2,17,21)/t10-/m0/s1. The molecule has 0 unspecified atom stereocenters. The maximum Gasteiger partial charge on any atom is 0.348 e. The number of piperidine rings is 1. The van der Waals surface area contributed by atoms with Crippen molar-refractivity contribution in [3.63, 3.8) is 0 Å². The van der Waals surface area contributed by atoms with Gasteiger partial charge in [0.05, 0.1) is 17.9 Å². The Kier molecular flexibility index (Phi) is 4.66. The zero-order chi connectivity index (χ0) is 17.3. The summed E-state index contributed by atoms with van der Waals surface area (Å²) >= 11 is 1.31. The largest absolute Gasteiger partial charge is 0.462 e. The molecular weight excluding hydrogens is 328 g/mol. The molecule has 1 aliphatic heterocycles. The van der Waals surface area contributed by atoms with Gasteiger partial charge in [-0.25, -0.2) is 14.8 Å². The van der Waals surface area contributed by atoms with E-state index in [1.165, 1.54) is 17.7 Å². The molecule has 3 heterocycles. The number of rotatable bonds is 4. The number of hydrogen-bond acceptors (Lipinski definition) is 7. The van der Waals surface area contributed by atoms with Gasteiger partial charge in [-0.05, 0) is 32.3 Å². The molecule has 0 spiro atoms. The molecule has 24 heavy (non-hydrogen) atoms. The van der Waals surface area contributed by atoms with Crippen LogP contribution in [-0.4, -0.2) is 41.5 Å². The van der Waals surface area contributed by atoms with E-state index in [0.717, 1.165) is 41.0 Å². The van der Waals surface area contributed by atoms with Crippen molar-refractivity contribution in [3.05, 3.63) is 16.8 Å². The maximum absolute atomic E-state index is 12.1. The van der Waals surface area contributed by atoms with Crippen molar-refractivity contribution < 1.29 is 14.3 Å². The lowest BCUT2D eigenvalue weighted by Crippen LogP contribution is -2.41. The number of carbonyl (C=O) groups is 2. The van der Waals surface area contributed by atoms with E-state index < -0.39 is 0 Å². The molecular formula is C16H20N4O3S. The Labute approximate surface area is 143 Å². The topological polar surface area (TPSA) is 98.4 Å². The summed E-state index contributed by atoms with van der Waals surface area (Å²) in [7, 11) is 0. The molecule has 128 valence electrons. The Bertz CT molecular complexity index is 789. The van der Waals surface area contributed by atoms with Crippen molar-refractivity contribution in [3.8, 4) is 0 Å². The summed E-state index contributed by atoms with van der Waals surface area (Å²) in [5.74, 6) is -0.0284. The van der Waals surface area contributed by atoms with E-state index in [1.54, 1.807) is 6.92 Å². The minimum absolute atomic E-state index is 0.174. The molecule has 1 atom stereocenters. The zero-order valence-electron chi connectivity index (χ0n) is 13.7. The normalized spacial score (nSPS) is 17.9. The second-order valence-electron chi connectivity index (χ2n) is 5.84. The number of thiophene rings is 1. The number of ether oxygens (including phenoxy) is 1. The highest BCUT2D eigenvalue weighted by atomic mass is 32.1.